The number of nitrogens with zero attached hydrogens (tertiary/aromatic N) is 2. The number of amides is 1. The Morgan fingerprint density at radius 1 is 1.09 bits per heavy atom. The first-order valence-corrected chi connectivity index (χ1v) is 10.9. The van der Waals surface area contributed by atoms with Crippen LogP contribution in [0.3, 0.4) is 0 Å². The van der Waals surface area contributed by atoms with Crippen molar-refractivity contribution in [3.63, 3.8) is 0 Å². The van der Waals surface area contributed by atoms with Crippen molar-refractivity contribution < 1.29 is 17.6 Å². The molecule has 0 saturated carbocycles. The molecule has 1 amide bonds. The van der Waals surface area contributed by atoms with Gasteiger partial charge in [-0.05, 0) is 61.4 Å². The molecule has 0 radical (unpaired) electrons. The summed E-state index contributed by atoms with van der Waals surface area (Å²) < 4.78 is 37.8. The lowest BCUT2D eigenvalue weighted by Crippen LogP contribution is -2.14. The summed E-state index contributed by atoms with van der Waals surface area (Å²) in [6, 6.07) is 9.59. The number of hydrogen-bond acceptors (Lipinski definition) is 7. The summed E-state index contributed by atoms with van der Waals surface area (Å²) in [7, 11) is -3.91. The van der Waals surface area contributed by atoms with Gasteiger partial charge in [0, 0.05) is 17.1 Å². The molecule has 0 aliphatic carbocycles. The summed E-state index contributed by atoms with van der Waals surface area (Å²) in [4.78, 5) is 19.4. The number of nitrogens with two attached hydrogens (primary N) is 1. The number of carbonyl (C=O) groups excluding carboxylic acids is 1. The minimum absolute atomic E-state index is 0.0396. The first kappa shape index (κ1) is 22.8. The number of nitrogens with one attached hydrogen (secondary N) is 3. The summed E-state index contributed by atoms with van der Waals surface area (Å²) in [6.45, 7) is 6.80. The molecule has 11 heteroatoms. The van der Waals surface area contributed by atoms with Gasteiger partial charge in [0.2, 0.25) is 21.9 Å². The fraction of sp³-hybridized carbons (Fsp3) is 0.0952. The number of benzene rings is 2. The first-order valence-electron chi connectivity index (χ1n) is 9.31. The molecular formula is C21H21FN6O3S. The zero-order valence-corrected chi connectivity index (χ0v) is 18.1. The number of carbonyl (C=O) groups is 1. The molecule has 2 aromatic carbocycles. The van der Waals surface area contributed by atoms with Crippen molar-refractivity contribution >= 4 is 44.8 Å². The van der Waals surface area contributed by atoms with Gasteiger partial charge >= 0.3 is 0 Å². The number of aryl methyl sites for hydroxylation is 2. The van der Waals surface area contributed by atoms with Gasteiger partial charge in [0.15, 0.2) is 11.6 Å². The molecule has 0 unspecified atom stereocenters. The van der Waals surface area contributed by atoms with Crippen LogP contribution in [0.5, 0.6) is 0 Å². The van der Waals surface area contributed by atoms with E-state index in [1.165, 1.54) is 6.07 Å². The zero-order chi connectivity index (χ0) is 23.5. The van der Waals surface area contributed by atoms with Crippen LogP contribution in [0.2, 0.25) is 0 Å². The normalized spacial score (nSPS) is 11.0. The van der Waals surface area contributed by atoms with E-state index in [-0.39, 0.29) is 22.6 Å². The molecule has 166 valence electrons. The van der Waals surface area contributed by atoms with Crippen LogP contribution in [-0.4, -0.2) is 24.3 Å². The van der Waals surface area contributed by atoms with Crippen LogP contribution in [0.4, 0.5) is 33.2 Å². The maximum Gasteiger partial charge on any atom is 0.247 e. The molecule has 32 heavy (non-hydrogen) atoms. The van der Waals surface area contributed by atoms with Crippen LogP contribution in [-0.2, 0) is 14.8 Å². The van der Waals surface area contributed by atoms with Crippen LogP contribution < -0.4 is 21.1 Å². The number of rotatable bonds is 7. The van der Waals surface area contributed by atoms with Crippen molar-refractivity contribution in [2.24, 2.45) is 5.14 Å². The minimum Gasteiger partial charge on any atom is -0.337 e. The molecule has 1 heterocycles. The van der Waals surface area contributed by atoms with Gasteiger partial charge in [-0.25, -0.2) is 22.9 Å². The third-order valence-corrected chi connectivity index (χ3v) is 5.48. The molecule has 0 aliphatic rings. The Labute approximate surface area is 184 Å². The monoisotopic (exact) mass is 456 g/mol. The van der Waals surface area contributed by atoms with E-state index in [0.29, 0.717) is 22.6 Å². The molecule has 3 rings (SSSR count). The van der Waals surface area contributed by atoms with Crippen molar-refractivity contribution in [3.05, 3.63) is 72.2 Å². The molecule has 5 N–H and O–H groups in total. The topological polar surface area (TPSA) is 139 Å². The summed E-state index contributed by atoms with van der Waals surface area (Å²) in [5.74, 6) is -1.07. The molecule has 0 fully saturated rings. The van der Waals surface area contributed by atoms with E-state index in [1.54, 1.807) is 44.2 Å². The van der Waals surface area contributed by atoms with E-state index in [9.17, 15) is 17.6 Å². The second-order valence-corrected chi connectivity index (χ2v) is 8.42. The fourth-order valence-electron chi connectivity index (χ4n) is 2.83. The number of primary sulfonamides is 1. The predicted octanol–water partition coefficient (Wildman–Crippen LogP) is 3.49. The Morgan fingerprint density at radius 2 is 1.81 bits per heavy atom. The fourth-order valence-corrected chi connectivity index (χ4v) is 3.64. The number of anilines is 5. The van der Waals surface area contributed by atoms with E-state index >= 15 is 0 Å². The third kappa shape index (κ3) is 5.45. The Hall–Kier alpha value is -3.83. The lowest BCUT2D eigenvalue weighted by molar-refractivity contribution is -0.111. The summed E-state index contributed by atoms with van der Waals surface area (Å²) >= 11 is 0. The average Bonchev–Trinajstić information content (AvgIpc) is 2.72. The quantitative estimate of drug-likeness (QED) is 0.399. The number of aromatic nitrogens is 2. The number of halogens is 1. The van der Waals surface area contributed by atoms with E-state index in [1.807, 2.05) is 0 Å². The van der Waals surface area contributed by atoms with Gasteiger partial charge in [-0.3, -0.25) is 4.79 Å². The van der Waals surface area contributed by atoms with Gasteiger partial charge in [-0.2, -0.15) is 4.98 Å². The molecule has 0 aliphatic heterocycles. The molecular weight excluding hydrogens is 435 g/mol. The van der Waals surface area contributed by atoms with Crippen LogP contribution in [0, 0.1) is 19.7 Å². The largest absolute Gasteiger partial charge is 0.337 e. The first-order chi connectivity index (χ1) is 15.1. The lowest BCUT2D eigenvalue weighted by Gasteiger charge is -2.13. The highest BCUT2D eigenvalue weighted by Crippen LogP contribution is 2.26. The standard InChI is InChI=1S/C21H21FN6O3S/c1-4-19(29)25-14-7-8-17(13(3)9-14)27-20-16(22)11-24-21(28-20)26-15-6-5-12(2)18(10-15)32(23,30)31/h4-11H,1H2,2-3H3,(H,25,29)(H2,23,30,31)(H2,24,26,27,28). The highest BCUT2D eigenvalue weighted by molar-refractivity contribution is 7.89. The summed E-state index contributed by atoms with van der Waals surface area (Å²) in [6.07, 6.45) is 2.15. The SMILES string of the molecule is C=CC(=O)Nc1ccc(Nc2nc(Nc3ccc(C)c(S(N)(=O)=O)c3)ncc2F)c(C)c1. The van der Waals surface area contributed by atoms with E-state index in [2.05, 4.69) is 32.5 Å². The molecule has 0 spiro atoms. The number of hydrogen-bond donors (Lipinski definition) is 4. The maximum absolute atomic E-state index is 14.3. The maximum atomic E-state index is 14.3. The lowest BCUT2D eigenvalue weighted by atomic mass is 10.1. The van der Waals surface area contributed by atoms with Crippen LogP contribution in [0.25, 0.3) is 0 Å². The Bertz CT molecular complexity index is 1310. The van der Waals surface area contributed by atoms with Gasteiger partial charge in [-0.15, -0.1) is 0 Å². The molecule has 0 atom stereocenters. The molecule has 3 aromatic rings. The van der Waals surface area contributed by atoms with Gasteiger partial charge in [0.1, 0.15) is 0 Å². The Balaban J connectivity index is 1.84. The number of sulfonamides is 1. The highest BCUT2D eigenvalue weighted by Gasteiger charge is 2.14. The average molecular weight is 457 g/mol. The Morgan fingerprint density at radius 3 is 2.47 bits per heavy atom. The van der Waals surface area contributed by atoms with Gasteiger partial charge in [0.05, 0.1) is 11.1 Å². The molecule has 0 saturated heterocycles. The second kappa shape index (κ2) is 9.12. The van der Waals surface area contributed by atoms with Crippen molar-refractivity contribution in [2.45, 2.75) is 18.7 Å². The zero-order valence-electron chi connectivity index (χ0n) is 17.3. The summed E-state index contributed by atoms with van der Waals surface area (Å²) in [5, 5.41) is 13.6. The smallest absolute Gasteiger partial charge is 0.247 e. The Kier molecular flexibility index (Phi) is 6.51. The van der Waals surface area contributed by atoms with Gasteiger partial charge in [0.25, 0.3) is 0 Å². The molecule has 1 aromatic heterocycles. The van der Waals surface area contributed by atoms with Crippen LogP contribution in [0.15, 0.2) is 60.1 Å². The van der Waals surface area contributed by atoms with E-state index < -0.39 is 15.8 Å². The summed E-state index contributed by atoms with van der Waals surface area (Å²) in [5.41, 5.74) is 2.72. The minimum atomic E-state index is -3.91. The predicted molar refractivity (Wildman–Crippen MR) is 121 cm³/mol. The third-order valence-electron chi connectivity index (χ3n) is 4.43. The van der Waals surface area contributed by atoms with Crippen LogP contribution in [0.1, 0.15) is 11.1 Å². The van der Waals surface area contributed by atoms with Crippen molar-refractivity contribution in [1.82, 2.24) is 9.97 Å². The second-order valence-electron chi connectivity index (χ2n) is 6.89. The van der Waals surface area contributed by atoms with Gasteiger partial charge < -0.3 is 16.0 Å². The van der Waals surface area contributed by atoms with E-state index in [4.69, 9.17) is 5.14 Å². The highest BCUT2D eigenvalue weighted by atomic mass is 32.2. The van der Waals surface area contributed by atoms with Gasteiger partial charge in [-0.1, -0.05) is 12.6 Å². The van der Waals surface area contributed by atoms with E-state index in [0.717, 1.165) is 17.8 Å². The molecule has 0 bridgehead atoms. The van der Waals surface area contributed by atoms with Crippen LogP contribution >= 0.6 is 0 Å². The van der Waals surface area contributed by atoms with Crippen molar-refractivity contribution in [2.75, 3.05) is 16.0 Å². The molecule has 9 nitrogen and oxygen atoms in total. The van der Waals surface area contributed by atoms with Crippen molar-refractivity contribution in [3.8, 4) is 0 Å². The van der Waals surface area contributed by atoms with Crippen molar-refractivity contribution in [1.29, 1.82) is 0 Å².